The van der Waals surface area contributed by atoms with Crippen LogP contribution in [0.2, 0.25) is 0 Å². The van der Waals surface area contributed by atoms with Crippen LogP contribution in [0, 0.1) is 11.8 Å². The largest absolute Gasteiger partial charge is 0.646 e. The molecule has 1 unspecified atom stereocenters. The number of β-lactam (4-membered cyclic amide) rings is 1. The number of carbonyl (C=O) groups is 2. The summed E-state index contributed by atoms with van der Waals surface area (Å²) in [5, 5.41) is 10.1. The lowest BCUT2D eigenvalue weighted by Gasteiger charge is -2.46. The Morgan fingerprint density at radius 1 is 1.09 bits per heavy atom. The highest BCUT2D eigenvalue weighted by molar-refractivity contribution is 7.49. The fourth-order valence-corrected chi connectivity index (χ4v) is 5.77. The summed E-state index contributed by atoms with van der Waals surface area (Å²) in [7, 11) is 0.175. The van der Waals surface area contributed by atoms with Gasteiger partial charge in [-0.25, -0.2) is 4.79 Å². The number of nitrogens with zero attached hydrogens (tertiary/aromatic N) is 1. The number of para-hydroxylation sites is 2. The molecule has 0 aromatic heterocycles. The van der Waals surface area contributed by atoms with Gasteiger partial charge in [-0.2, -0.15) is 4.57 Å². The zero-order valence-electron chi connectivity index (χ0n) is 18.9. The topological polar surface area (TPSA) is 124 Å². The van der Waals surface area contributed by atoms with Crippen LogP contribution in [0.15, 0.2) is 72.1 Å². The van der Waals surface area contributed by atoms with Crippen LogP contribution < -0.4 is 14.0 Å². The fourth-order valence-electron chi connectivity index (χ4n) is 4.15. The Morgan fingerprint density at radius 2 is 1.63 bits per heavy atom. The van der Waals surface area contributed by atoms with Crippen LogP contribution in [-0.4, -0.2) is 42.0 Å². The number of aliphatic hydroxyl groups excluding tert-OH is 1. The first-order valence-corrected chi connectivity index (χ1v) is 13.1. The monoisotopic (exact) mass is 516 g/mol. The molecule has 2 aliphatic rings. The van der Waals surface area contributed by atoms with Crippen molar-refractivity contribution in [2.45, 2.75) is 26.0 Å². The average molecular weight is 516 g/mol. The van der Waals surface area contributed by atoms with Crippen molar-refractivity contribution in [3.8, 4) is 11.5 Å². The average Bonchev–Trinajstić information content (AvgIpc) is 3.06. The van der Waals surface area contributed by atoms with E-state index in [0.717, 1.165) is 0 Å². The summed E-state index contributed by atoms with van der Waals surface area (Å²) in [5.41, 5.74) is -0.235. The van der Waals surface area contributed by atoms with Crippen LogP contribution in [0.5, 0.6) is 11.5 Å². The fraction of sp³-hybridized carbons (Fsp3) is 0.273. The second kappa shape index (κ2) is 10.4. The maximum absolute atomic E-state index is 13.9. The molecule has 1 amide bonds. The van der Waals surface area contributed by atoms with Crippen molar-refractivity contribution in [1.82, 2.24) is 9.90 Å². The molecule has 2 aromatic carbocycles. The zero-order valence-corrected chi connectivity index (χ0v) is 20.8. The Morgan fingerprint density at radius 3 is 2.11 bits per heavy atom. The zero-order chi connectivity index (χ0) is 25.2. The van der Waals surface area contributed by atoms with Crippen LogP contribution in [0.4, 0.5) is 0 Å². The van der Waals surface area contributed by atoms with Gasteiger partial charge in [0, 0.05) is 5.92 Å². The number of hydrogen-bond acceptors (Lipinski definition) is 9. The lowest BCUT2D eigenvalue weighted by molar-refractivity contribution is -0.162. The first kappa shape index (κ1) is 25.3. The second-order valence-electron chi connectivity index (χ2n) is 7.95. The Bertz CT molecular complexity index is 1120. The molecule has 0 aliphatic carbocycles. The number of rotatable bonds is 10. The van der Waals surface area contributed by atoms with Gasteiger partial charge in [0.2, 0.25) is 5.91 Å². The van der Waals surface area contributed by atoms with Crippen molar-refractivity contribution in [2.24, 2.45) is 11.8 Å². The molecule has 0 bridgehead atoms. The molecule has 2 radical (unpaired) electrons. The summed E-state index contributed by atoms with van der Waals surface area (Å²) in [6, 6.07) is 15.9. The van der Waals surface area contributed by atoms with E-state index in [1.165, 1.54) is 11.8 Å². The molecule has 2 aromatic rings. The predicted octanol–water partition coefficient (Wildman–Crippen LogP) is 3.06. The lowest BCUT2D eigenvalue weighted by atomic mass is 9.79. The molecule has 4 rings (SSSR count). The van der Waals surface area contributed by atoms with Gasteiger partial charge in [0.15, 0.2) is 13.7 Å². The third-order valence-electron chi connectivity index (χ3n) is 5.64. The minimum Gasteiger partial charge on any atom is -0.428 e. The summed E-state index contributed by atoms with van der Waals surface area (Å²) in [6.07, 6.45) is -0.969. The van der Waals surface area contributed by atoms with Crippen LogP contribution in [0.1, 0.15) is 13.8 Å². The number of hydrogen-bond donors (Lipinski definition) is 2. The van der Waals surface area contributed by atoms with Gasteiger partial charge < -0.3 is 28.2 Å². The molecule has 2 heterocycles. The molecule has 0 spiro atoms. The van der Waals surface area contributed by atoms with E-state index in [9.17, 15) is 19.3 Å². The smallest absolute Gasteiger partial charge is 0.428 e. The van der Waals surface area contributed by atoms with Crippen molar-refractivity contribution in [3.05, 3.63) is 72.1 Å². The molecule has 13 heteroatoms. The molecule has 182 valence electrons. The third kappa shape index (κ3) is 5.09. The van der Waals surface area contributed by atoms with Crippen molar-refractivity contribution in [1.29, 1.82) is 0 Å². The maximum Gasteiger partial charge on any atom is 0.646 e. The molecule has 1 fully saturated rings. The lowest BCUT2D eigenvalue weighted by Crippen LogP contribution is -2.63. The van der Waals surface area contributed by atoms with Crippen molar-refractivity contribution < 1.29 is 37.4 Å². The number of amides is 1. The molecule has 35 heavy (non-hydrogen) atoms. The van der Waals surface area contributed by atoms with Gasteiger partial charge in [0.05, 0.1) is 18.1 Å². The van der Waals surface area contributed by atoms with Gasteiger partial charge in [-0.05, 0) is 31.2 Å². The first-order valence-electron chi connectivity index (χ1n) is 10.7. The van der Waals surface area contributed by atoms with Crippen molar-refractivity contribution in [3.63, 3.8) is 0 Å². The summed E-state index contributed by atoms with van der Waals surface area (Å²) >= 11 is 0. The van der Waals surface area contributed by atoms with E-state index < -0.39 is 52.6 Å². The Hall–Kier alpha value is -2.84. The van der Waals surface area contributed by atoms with E-state index >= 15 is 0 Å². The highest BCUT2D eigenvalue weighted by atomic mass is 31.2. The maximum atomic E-state index is 13.9. The van der Waals surface area contributed by atoms with Gasteiger partial charge in [-0.15, -0.1) is 0 Å². The SMILES string of the molecule is [B]NPOC(=O)C1=C(OP(=O)(Oc2ccccc2)Oc2ccccc2)[C@H](C)[C@@H]2[C@@H]([C@@H](C)O)C(=O)N12. The summed E-state index contributed by atoms with van der Waals surface area (Å²) < 4.78 is 36.2. The predicted molar refractivity (Wildman–Crippen MR) is 128 cm³/mol. The number of benzene rings is 2. The number of carbonyl (C=O) groups excluding carboxylic acids is 2. The van der Waals surface area contributed by atoms with Crippen molar-refractivity contribution >= 4 is 36.6 Å². The van der Waals surface area contributed by atoms with E-state index in [-0.39, 0.29) is 23.0 Å². The summed E-state index contributed by atoms with van der Waals surface area (Å²) in [6.45, 7) is 3.18. The minimum absolute atomic E-state index is 0.103. The van der Waals surface area contributed by atoms with E-state index in [1.54, 1.807) is 67.6 Å². The van der Waals surface area contributed by atoms with Crippen LogP contribution in [-0.2, 0) is 23.2 Å². The first-order chi connectivity index (χ1) is 16.8. The Labute approximate surface area is 205 Å². The van der Waals surface area contributed by atoms with Gasteiger partial charge in [0.25, 0.3) is 0 Å². The number of fused-ring (bicyclic) bond motifs is 1. The number of aliphatic hydroxyl groups is 1. The third-order valence-corrected chi connectivity index (χ3v) is 7.33. The normalized spacial score (nSPS) is 22.5. The molecule has 0 saturated carbocycles. The van der Waals surface area contributed by atoms with E-state index in [4.69, 9.17) is 26.1 Å². The molecule has 10 nitrogen and oxygen atoms in total. The molecular formula is C22H23BN2O8P2. The summed E-state index contributed by atoms with van der Waals surface area (Å²) in [5.74, 6) is -2.48. The molecule has 1 saturated heterocycles. The number of phosphoric acid groups is 1. The Kier molecular flexibility index (Phi) is 7.52. The Balaban J connectivity index is 1.73. The highest BCUT2D eigenvalue weighted by Crippen LogP contribution is 2.57. The number of phosphoric ester groups is 1. The molecular weight excluding hydrogens is 493 g/mol. The number of nitrogens with one attached hydrogen (secondary N) is 1. The molecule has 2 aliphatic heterocycles. The minimum atomic E-state index is -4.45. The van der Waals surface area contributed by atoms with E-state index in [0.29, 0.717) is 0 Å². The van der Waals surface area contributed by atoms with Gasteiger partial charge in [0.1, 0.15) is 26.2 Å². The van der Waals surface area contributed by atoms with Crippen molar-refractivity contribution in [2.75, 3.05) is 0 Å². The van der Waals surface area contributed by atoms with Gasteiger partial charge in [-0.3, -0.25) is 9.69 Å². The standard InChI is InChI=1S/C22H23BN2O8P2/c1-13-18-17(14(2)26)21(27)25(18)19(22(28)30-34-24-23)20(13)33-35(29,31-15-9-5-3-6-10-15)32-16-11-7-4-8-12-16/h3-14,17-18,24,26,34H,1-2H3/t13-,14-,17-,18-/m1/s1. The summed E-state index contributed by atoms with van der Waals surface area (Å²) in [4.78, 5) is 29.1. The van der Waals surface area contributed by atoms with Crippen LogP contribution >= 0.6 is 16.8 Å². The highest BCUT2D eigenvalue weighted by Gasteiger charge is 2.62. The van der Waals surface area contributed by atoms with Gasteiger partial charge >= 0.3 is 13.8 Å². The van der Waals surface area contributed by atoms with Crippen LogP contribution in [0.3, 0.4) is 0 Å². The quantitative estimate of drug-likeness (QED) is 0.279. The molecule has 2 N–H and O–H groups in total. The molecule has 5 atom stereocenters. The van der Waals surface area contributed by atoms with E-state index in [1.807, 2.05) is 0 Å². The second-order valence-corrected chi connectivity index (χ2v) is 10.1. The van der Waals surface area contributed by atoms with E-state index in [2.05, 4.69) is 5.00 Å². The van der Waals surface area contributed by atoms with Crippen LogP contribution in [0.25, 0.3) is 0 Å². The van der Waals surface area contributed by atoms with Gasteiger partial charge in [-0.1, -0.05) is 43.3 Å².